The molecule has 0 saturated carbocycles. The molecule has 0 unspecified atom stereocenters. The minimum Gasteiger partial charge on any atom is -0.444 e. The number of nitrogens with zero attached hydrogens (tertiary/aromatic N) is 3. The molecular weight excluding hydrogens is 360 g/mol. The van der Waals surface area contributed by atoms with Gasteiger partial charge in [-0.3, -0.25) is 4.79 Å². The van der Waals surface area contributed by atoms with Crippen molar-refractivity contribution in [3.8, 4) is 0 Å². The molecule has 0 aromatic carbocycles. The summed E-state index contributed by atoms with van der Waals surface area (Å²) in [4.78, 5) is 29.4. The van der Waals surface area contributed by atoms with Gasteiger partial charge < -0.3 is 24.4 Å². The van der Waals surface area contributed by atoms with Gasteiger partial charge in [-0.05, 0) is 67.5 Å². The Balaban J connectivity index is 2.04. The maximum atomic E-state index is 13.2. The van der Waals surface area contributed by atoms with Crippen LogP contribution >= 0.6 is 0 Å². The van der Waals surface area contributed by atoms with Crippen LogP contribution in [0.1, 0.15) is 62.3 Å². The van der Waals surface area contributed by atoms with Gasteiger partial charge in [-0.2, -0.15) is 0 Å². The number of amides is 2. The van der Waals surface area contributed by atoms with Gasteiger partial charge in [-0.25, -0.2) is 4.79 Å². The van der Waals surface area contributed by atoms with Crippen molar-refractivity contribution in [2.75, 3.05) is 32.7 Å². The van der Waals surface area contributed by atoms with E-state index in [-0.39, 0.29) is 11.9 Å². The van der Waals surface area contributed by atoms with Crippen LogP contribution in [0.4, 0.5) is 4.79 Å². The highest BCUT2D eigenvalue weighted by Gasteiger charge is 2.26. The Bertz CT molecular complexity index is 655. The predicted molar refractivity (Wildman–Crippen MR) is 106 cm³/mol. The normalized spacial score (nSPS) is 16.1. The van der Waals surface area contributed by atoms with Crippen LogP contribution in [-0.4, -0.2) is 71.3 Å². The van der Waals surface area contributed by atoms with Crippen LogP contribution < -0.4 is 5.32 Å². The third-order valence-electron chi connectivity index (χ3n) is 4.68. The Hall–Kier alpha value is -2.09. The highest BCUT2D eigenvalue weighted by atomic mass is 16.6. The summed E-state index contributed by atoms with van der Waals surface area (Å²) in [6, 6.07) is -0.252. The van der Waals surface area contributed by atoms with E-state index in [0.717, 1.165) is 19.6 Å². The molecular formula is C20H34N4O4. The van der Waals surface area contributed by atoms with Crippen molar-refractivity contribution in [2.45, 2.75) is 66.0 Å². The standard InChI is InChI=1S/C20H34N4O4/c1-14(21-19(26)27-20(4,5)6)13-24(12-11-23-9-7-8-10-23)18(25)17-15(2)22-28-16(17)3/h14H,7-13H2,1-6H3,(H,21,26)/t14-/m1/s1. The number of alkyl carbamates (subject to hydrolysis) is 1. The summed E-state index contributed by atoms with van der Waals surface area (Å²) in [5.41, 5.74) is 0.526. The van der Waals surface area contributed by atoms with Gasteiger partial charge in [0.25, 0.3) is 5.91 Å². The lowest BCUT2D eigenvalue weighted by Gasteiger charge is -2.29. The monoisotopic (exact) mass is 394 g/mol. The molecule has 0 radical (unpaired) electrons. The summed E-state index contributed by atoms with van der Waals surface area (Å²) < 4.78 is 10.5. The van der Waals surface area contributed by atoms with E-state index in [4.69, 9.17) is 9.26 Å². The molecule has 8 nitrogen and oxygen atoms in total. The van der Waals surface area contributed by atoms with Gasteiger partial charge in [-0.15, -0.1) is 0 Å². The molecule has 1 aliphatic rings. The number of aryl methyl sites for hydroxylation is 2. The first kappa shape index (κ1) is 22.2. The first-order valence-electron chi connectivity index (χ1n) is 10.0. The molecule has 0 spiro atoms. The third kappa shape index (κ3) is 6.51. The summed E-state index contributed by atoms with van der Waals surface area (Å²) in [5.74, 6) is 0.398. The molecule has 158 valence electrons. The van der Waals surface area contributed by atoms with E-state index in [0.29, 0.717) is 30.1 Å². The van der Waals surface area contributed by atoms with E-state index in [1.54, 1.807) is 18.7 Å². The number of aromatic nitrogens is 1. The molecule has 2 amide bonds. The van der Waals surface area contributed by atoms with Gasteiger partial charge in [0.1, 0.15) is 16.9 Å². The van der Waals surface area contributed by atoms with Crippen LogP contribution in [-0.2, 0) is 4.74 Å². The quantitative estimate of drug-likeness (QED) is 0.765. The summed E-state index contributed by atoms with van der Waals surface area (Å²) in [6.07, 6.45) is 1.92. The molecule has 2 rings (SSSR count). The first-order valence-corrected chi connectivity index (χ1v) is 10.0. The second-order valence-corrected chi connectivity index (χ2v) is 8.55. The van der Waals surface area contributed by atoms with Crippen LogP contribution in [0.15, 0.2) is 4.52 Å². The van der Waals surface area contributed by atoms with E-state index < -0.39 is 11.7 Å². The van der Waals surface area contributed by atoms with Crippen molar-refractivity contribution in [1.29, 1.82) is 0 Å². The third-order valence-corrected chi connectivity index (χ3v) is 4.68. The summed E-state index contributed by atoms with van der Waals surface area (Å²) in [5, 5.41) is 6.72. The predicted octanol–water partition coefficient (Wildman–Crippen LogP) is 2.74. The molecule has 1 aromatic heterocycles. The zero-order valence-corrected chi connectivity index (χ0v) is 18.0. The van der Waals surface area contributed by atoms with Crippen molar-refractivity contribution in [3.05, 3.63) is 17.0 Å². The maximum absolute atomic E-state index is 13.2. The van der Waals surface area contributed by atoms with Gasteiger partial charge in [0, 0.05) is 25.7 Å². The Morgan fingerprint density at radius 2 is 1.93 bits per heavy atom. The van der Waals surface area contributed by atoms with Crippen molar-refractivity contribution < 1.29 is 18.8 Å². The number of rotatable bonds is 7. The van der Waals surface area contributed by atoms with Crippen LogP contribution in [0, 0.1) is 13.8 Å². The smallest absolute Gasteiger partial charge is 0.407 e. The molecule has 1 N–H and O–H groups in total. The molecule has 1 fully saturated rings. The first-order chi connectivity index (χ1) is 13.1. The van der Waals surface area contributed by atoms with Crippen LogP contribution in [0.3, 0.4) is 0 Å². The molecule has 1 aromatic rings. The van der Waals surface area contributed by atoms with Crippen molar-refractivity contribution >= 4 is 12.0 Å². The van der Waals surface area contributed by atoms with Crippen molar-refractivity contribution in [3.63, 3.8) is 0 Å². The van der Waals surface area contributed by atoms with Gasteiger partial charge >= 0.3 is 6.09 Å². The van der Waals surface area contributed by atoms with E-state index in [9.17, 15) is 9.59 Å². The largest absolute Gasteiger partial charge is 0.444 e. The number of carbonyl (C=O) groups is 2. The molecule has 1 aliphatic heterocycles. The van der Waals surface area contributed by atoms with Crippen LogP contribution in [0.5, 0.6) is 0 Å². The highest BCUT2D eigenvalue weighted by Crippen LogP contribution is 2.16. The lowest BCUT2D eigenvalue weighted by Crippen LogP contribution is -2.47. The van der Waals surface area contributed by atoms with Gasteiger partial charge in [0.15, 0.2) is 0 Å². The fourth-order valence-electron chi connectivity index (χ4n) is 3.38. The van der Waals surface area contributed by atoms with Gasteiger partial charge in [-0.1, -0.05) is 5.16 Å². The fourth-order valence-corrected chi connectivity index (χ4v) is 3.38. The second kappa shape index (κ2) is 9.41. The molecule has 2 heterocycles. The van der Waals surface area contributed by atoms with E-state index in [1.165, 1.54) is 12.8 Å². The number of nitrogens with one attached hydrogen (secondary N) is 1. The Morgan fingerprint density at radius 3 is 2.46 bits per heavy atom. The minimum atomic E-state index is -0.564. The molecule has 0 aliphatic carbocycles. The lowest BCUT2D eigenvalue weighted by atomic mass is 10.1. The zero-order valence-electron chi connectivity index (χ0n) is 18.0. The van der Waals surface area contributed by atoms with Crippen LogP contribution in [0.2, 0.25) is 0 Å². The van der Waals surface area contributed by atoms with E-state index in [1.807, 2.05) is 27.7 Å². The van der Waals surface area contributed by atoms with Crippen molar-refractivity contribution in [1.82, 2.24) is 20.3 Å². The lowest BCUT2D eigenvalue weighted by molar-refractivity contribution is 0.0483. The molecule has 1 saturated heterocycles. The number of hydrogen-bond acceptors (Lipinski definition) is 6. The second-order valence-electron chi connectivity index (χ2n) is 8.55. The molecule has 1 atom stereocenters. The van der Waals surface area contributed by atoms with Gasteiger partial charge in [0.2, 0.25) is 0 Å². The molecule has 8 heteroatoms. The Morgan fingerprint density at radius 1 is 1.29 bits per heavy atom. The fraction of sp³-hybridized carbons (Fsp3) is 0.750. The molecule has 0 bridgehead atoms. The van der Waals surface area contributed by atoms with Crippen molar-refractivity contribution in [2.24, 2.45) is 0 Å². The minimum absolute atomic E-state index is 0.117. The number of likely N-dealkylation sites (tertiary alicyclic amines) is 1. The maximum Gasteiger partial charge on any atom is 0.407 e. The average Bonchev–Trinajstić information content (AvgIpc) is 3.18. The van der Waals surface area contributed by atoms with E-state index >= 15 is 0 Å². The topological polar surface area (TPSA) is 87.9 Å². The van der Waals surface area contributed by atoms with E-state index in [2.05, 4.69) is 15.4 Å². The highest BCUT2D eigenvalue weighted by molar-refractivity contribution is 5.96. The molecule has 28 heavy (non-hydrogen) atoms. The average molecular weight is 395 g/mol. The van der Waals surface area contributed by atoms with Crippen LogP contribution in [0.25, 0.3) is 0 Å². The summed E-state index contributed by atoms with van der Waals surface area (Å²) >= 11 is 0. The summed E-state index contributed by atoms with van der Waals surface area (Å²) in [7, 11) is 0. The Kier molecular flexibility index (Phi) is 7.46. The number of hydrogen-bond donors (Lipinski definition) is 1. The van der Waals surface area contributed by atoms with Gasteiger partial charge in [0.05, 0.1) is 5.69 Å². The summed E-state index contributed by atoms with van der Waals surface area (Å²) in [6.45, 7) is 14.8. The zero-order chi connectivity index (χ0) is 20.9. The number of carbonyl (C=O) groups excluding carboxylic acids is 2. The Labute approximate surface area is 167 Å². The SMILES string of the molecule is Cc1noc(C)c1C(=O)N(CCN1CCCC1)C[C@@H](C)NC(=O)OC(C)(C)C. The number of ether oxygens (including phenoxy) is 1.